The van der Waals surface area contributed by atoms with Crippen LogP contribution in [0.25, 0.3) is 11.4 Å². The number of hydrogen-bond acceptors (Lipinski definition) is 7. The molecule has 10 heteroatoms. The molecule has 9 nitrogen and oxygen atoms in total. The van der Waals surface area contributed by atoms with Crippen LogP contribution in [0.15, 0.2) is 47.0 Å². The molecule has 0 unspecified atom stereocenters. The molecule has 3 aromatic rings. The summed E-state index contributed by atoms with van der Waals surface area (Å²) >= 11 is 0. The van der Waals surface area contributed by atoms with E-state index in [4.69, 9.17) is 14.0 Å². The third-order valence-corrected chi connectivity index (χ3v) is 5.91. The van der Waals surface area contributed by atoms with Crippen LogP contribution in [0.1, 0.15) is 29.1 Å². The van der Waals surface area contributed by atoms with E-state index in [1.807, 2.05) is 0 Å². The van der Waals surface area contributed by atoms with Crippen molar-refractivity contribution in [3.05, 3.63) is 59.7 Å². The Hall–Kier alpha value is -3.95. The fourth-order valence-corrected chi connectivity index (χ4v) is 3.93. The largest absolute Gasteiger partial charge is 0.497 e. The van der Waals surface area contributed by atoms with Crippen LogP contribution in [0.4, 0.5) is 4.39 Å². The van der Waals surface area contributed by atoms with Gasteiger partial charge in [-0.2, -0.15) is 4.98 Å². The zero-order valence-electron chi connectivity index (χ0n) is 19.7. The van der Waals surface area contributed by atoms with Gasteiger partial charge in [-0.3, -0.25) is 9.59 Å². The summed E-state index contributed by atoms with van der Waals surface area (Å²) in [5, 5.41) is 3.92. The van der Waals surface area contributed by atoms with Crippen LogP contribution in [0.2, 0.25) is 0 Å². The molecule has 1 aliphatic heterocycles. The number of ether oxygens (including phenoxy) is 2. The summed E-state index contributed by atoms with van der Waals surface area (Å²) in [6, 6.07) is 10.9. The third-order valence-electron chi connectivity index (χ3n) is 5.91. The van der Waals surface area contributed by atoms with E-state index >= 15 is 0 Å². The van der Waals surface area contributed by atoms with Crippen molar-refractivity contribution in [3.63, 3.8) is 0 Å². The predicted octanol–water partition coefficient (Wildman–Crippen LogP) is 3.20. The standard InChI is InChI=1S/C25H27FN4O5/c1-33-19-10-11-20(21(16-19)34-2)25(32)30-14-12-29(13-15-30)23(31)5-3-4-22-27-24(28-35-22)17-6-8-18(26)9-7-17/h6-11,16H,3-5,12-15H2,1-2H3. The van der Waals surface area contributed by atoms with Crippen molar-refractivity contribution in [2.24, 2.45) is 0 Å². The van der Waals surface area contributed by atoms with Gasteiger partial charge in [-0.15, -0.1) is 0 Å². The summed E-state index contributed by atoms with van der Waals surface area (Å²) < 4.78 is 28.9. The number of methoxy groups -OCH3 is 2. The summed E-state index contributed by atoms with van der Waals surface area (Å²) in [5.74, 6) is 1.45. The highest BCUT2D eigenvalue weighted by Gasteiger charge is 2.26. The Morgan fingerprint density at radius 3 is 2.40 bits per heavy atom. The highest BCUT2D eigenvalue weighted by Crippen LogP contribution is 2.26. The highest BCUT2D eigenvalue weighted by molar-refractivity contribution is 5.97. The number of hydrogen-bond donors (Lipinski definition) is 0. The molecular formula is C25H27FN4O5. The highest BCUT2D eigenvalue weighted by atomic mass is 19.1. The van der Waals surface area contributed by atoms with E-state index in [9.17, 15) is 14.0 Å². The van der Waals surface area contributed by atoms with Gasteiger partial charge in [0.15, 0.2) is 0 Å². The lowest BCUT2D eigenvalue weighted by atomic mass is 10.1. The van der Waals surface area contributed by atoms with Crippen LogP contribution in [-0.4, -0.2) is 72.2 Å². The second-order valence-corrected chi connectivity index (χ2v) is 8.11. The fraction of sp³-hybridized carbons (Fsp3) is 0.360. The van der Waals surface area contributed by atoms with Gasteiger partial charge in [0.2, 0.25) is 17.6 Å². The number of rotatable bonds is 8. The first-order valence-corrected chi connectivity index (χ1v) is 11.4. The summed E-state index contributed by atoms with van der Waals surface area (Å²) in [7, 11) is 3.07. The van der Waals surface area contributed by atoms with Crippen molar-refractivity contribution < 1.29 is 28.0 Å². The maximum atomic E-state index is 13.1. The number of carbonyl (C=O) groups is 2. The van der Waals surface area contributed by atoms with Crippen molar-refractivity contribution >= 4 is 11.8 Å². The van der Waals surface area contributed by atoms with E-state index in [2.05, 4.69) is 10.1 Å². The van der Waals surface area contributed by atoms with Crippen LogP contribution in [0.3, 0.4) is 0 Å². The quantitative estimate of drug-likeness (QED) is 0.486. The van der Waals surface area contributed by atoms with Gasteiger partial charge in [0.1, 0.15) is 17.3 Å². The van der Waals surface area contributed by atoms with Gasteiger partial charge in [-0.1, -0.05) is 5.16 Å². The Balaban J connectivity index is 1.24. The van der Waals surface area contributed by atoms with E-state index in [1.165, 1.54) is 19.2 Å². The lowest BCUT2D eigenvalue weighted by Crippen LogP contribution is -2.50. The first-order valence-electron chi connectivity index (χ1n) is 11.4. The number of amides is 2. The molecule has 0 radical (unpaired) electrons. The van der Waals surface area contributed by atoms with Gasteiger partial charge in [-0.05, 0) is 42.8 Å². The number of piperazine rings is 1. The Bertz CT molecular complexity index is 1170. The minimum Gasteiger partial charge on any atom is -0.497 e. The van der Waals surface area contributed by atoms with Crippen molar-refractivity contribution in [1.82, 2.24) is 19.9 Å². The smallest absolute Gasteiger partial charge is 0.257 e. The van der Waals surface area contributed by atoms with Crippen LogP contribution in [0.5, 0.6) is 11.5 Å². The fourth-order valence-electron chi connectivity index (χ4n) is 3.93. The van der Waals surface area contributed by atoms with Crippen molar-refractivity contribution in [1.29, 1.82) is 0 Å². The van der Waals surface area contributed by atoms with Gasteiger partial charge in [0.05, 0.1) is 19.8 Å². The number of aryl methyl sites for hydroxylation is 1. The first-order chi connectivity index (χ1) is 17.0. The topological polar surface area (TPSA) is 98.0 Å². The zero-order chi connectivity index (χ0) is 24.8. The maximum absolute atomic E-state index is 13.1. The van der Waals surface area contributed by atoms with Gasteiger partial charge in [0.25, 0.3) is 5.91 Å². The number of nitrogens with zero attached hydrogens (tertiary/aromatic N) is 4. The van der Waals surface area contributed by atoms with E-state index in [0.29, 0.717) is 79.8 Å². The Morgan fingerprint density at radius 2 is 1.71 bits per heavy atom. The molecule has 0 aliphatic carbocycles. The number of carbonyl (C=O) groups excluding carboxylic acids is 2. The molecule has 0 spiro atoms. The van der Waals surface area contributed by atoms with Crippen molar-refractivity contribution in [2.45, 2.75) is 19.3 Å². The predicted molar refractivity (Wildman–Crippen MR) is 125 cm³/mol. The molecule has 2 aromatic carbocycles. The average molecular weight is 483 g/mol. The molecule has 0 N–H and O–H groups in total. The van der Waals surface area contributed by atoms with Crippen LogP contribution in [0, 0.1) is 5.82 Å². The van der Waals surface area contributed by atoms with E-state index in [1.54, 1.807) is 47.2 Å². The normalized spacial score (nSPS) is 13.6. The molecule has 2 heterocycles. The van der Waals surface area contributed by atoms with Gasteiger partial charge < -0.3 is 23.8 Å². The van der Waals surface area contributed by atoms with Crippen LogP contribution >= 0.6 is 0 Å². The summed E-state index contributed by atoms with van der Waals surface area (Å²) in [6.07, 6.45) is 1.37. The van der Waals surface area contributed by atoms with Gasteiger partial charge in [0, 0.05) is 50.7 Å². The van der Waals surface area contributed by atoms with E-state index in [0.717, 1.165) is 0 Å². The Labute approximate surface area is 202 Å². The molecule has 1 saturated heterocycles. The third kappa shape index (κ3) is 5.76. The Kier molecular flexibility index (Phi) is 7.59. The minimum absolute atomic E-state index is 0.0254. The van der Waals surface area contributed by atoms with E-state index < -0.39 is 0 Å². The molecule has 4 rings (SSSR count). The SMILES string of the molecule is COc1ccc(C(=O)N2CCN(C(=O)CCCc3nc(-c4ccc(F)cc4)no3)CC2)c(OC)c1. The molecule has 0 bridgehead atoms. The van der Waals surface area contributed by atoms with E-state index in [-0.39, 0.29) is 17.6 Å². The molecular weight excluding hydrogens is 455 g/mol. The number of benzene rings is 2. The monoisotopic (exact) mass is 482 g/mol. The molecule has 0 saturated carbocycles. The molecule has 1 aliphatic rings. The zero-order valence-corrected chi connectivity index (χ0v) is 19.7. The molecule has 1 fully saturated rings. The molecule has 184 valence electrons. The molecule has 2 amide bonds. The first kappa shape index (κ1) is 24.2. The van der Waals surface area contributed by atoms with Crippen molar-refractivity contribution in [2.75, 3.05) is 40.4 Å². The van der Waals surface area contributed by atoms with Crippen LogP contribution < -0.4 is 9.47 Å². The lowest BCUT2D eigenvalue weighted by Gasteiger charge is -2.35. The average Bonchev–Trinajstić information content (AvgIpc) is 3.37. The number of aromatic nitrogens is 2. The summed E-state index contributed by atoms with van der Waals surface area (Å²) in [6.45, 7) is 1.84. The number of halogens is 1. The molecule has 0 atom stereocenters. The summed E-state index contributed by atoms with van der Waals surface area (Å²) in [4.78, 5) is 33.4. The Morgan fingerprint density at radius 1 is 1.00 bits per heavy atom. The molecule has 1 aromatic heterocycles. The lowest BCUT2D eigenvalue weighted by molar-refractivity contribution is -0.132. The molecule has 35 heavy (non-hydrogen) atoms. The maximum Gasteiger partial charge on any atom is 0.257 e. The minimum atomic E-state index is -0.332. The second-order valence-electron chi connectivity index (χ2n) is 8.11. The van der Waals surface area contributed by atoms with Crippen LogP contribution in [-0.2, 0) is 11.2 Å². The summed E-state index contributed by atoms with van der Waals surface area (Å²) in [5.41, 5.74) is 1.13. The van der Waals surface area contributed by atoms with Gasteiger partial charge in [-0.25, -0.2) is 4.39 Å². The van der Waals surface area contributed by atoms with Crippen molar-refractivity contribution in [3.8, 4) is 22.9 Å². The van der Waals surface area contributed by atoms with Gasteiger partial charge >= 0.3 is 0 Å². The second kappa shape index (κ2) is 11.0.